The van der Waals surface area contributed by atoms with Crippen LogP contribution in [0.5, 0.6) is 0 Å². The highest BCUT2D eigenvalue weighted by molar-refractivity contribution is 7.92. The van der Waals surface area contributed by atoms with Crippen LogP contribution in [0.2, 0.25) is 10.0 Å². The molecular formula is C13H9Cl2F3N2O2S. The van der Waals surface area contributed by atoms with Gasteiger partial charge in [0.15, 0.2) is 0 Å². The second kappa shape index (κ2) is 6.10. The van der Waals surface area contributed by atoms with Gasteiger partial charge in [0.05, 0.1) is 31.9 Å². The Bertz CT molecular complexity index is 832. The number of alkyl halides is 3. The second-order valence-electron chi connectivity index (χ2n) is 4.45. The van der Waals surface area contributed by atoms with Crippen LogP contribution in [-0.4, -0.2) is 8.42 Å². The van der Waals surface area contributed by atoms with E-state index < -0.39 is 26.7 Å². The van der Waals surface area contributed by atoms with Crippen LogP contribution in [0.3, 0.4) is 0 Å². The summed E-state index contributed by atoms with van der Waals surface area (Å²) in [6.45, 7) is 0. The van der Waals surface area contributed by atoms with Gasteiger partial charge in [0, 0.05) is 0 Å². The summed E-state index contributed by atoms with van der Waals surface area (Å²) in [7, 11) is -4.50. The maximum absolute atomic E-state index is 12.9. The van der Waals surface area contributed by atoms with Crippen LogP contribution in [0.1, 0.15) is 5.56 Å². The fraction of sp³-hybridized carbons (Fsp3) is 0.0769. The highest BCUT2D eigenvalue weighted by atomic mass is 35.5. The first-order valence-corrected chi connectivity index (χ1v) is 8.20. The van der Waals surface area contributed by atoms with Crippen molar-refractivity contribution in [2.45, 2.75) is 11.1 Å². The minimum atomic E-state index is -4.82. The fourth-order valence-corrected chi connectivity index (χ4v) is 3.54. The van der Waals surface area contributed by atoms with E-state index in [-0.39, 0.29) is 21.4 Å². The third kappa shape index (κ3) is 3.82. The second-order valence-corrected chi connectivity index (χ2v) is 6.92. The van der Waals surface area contributed by atoms with E-state index in [0.717, 1.165) is 24.3 Å². The molecule has 0 unspecified atom stereocenters. The first kappa shape index (κ1) is 17.7. The van der Waals surface area contributed by atoms with E-state index in [0.29, 0.717) is 6.07 Å². The normalized spacial score (nSPS) is 12.2. The Morgan fingerprint density at radius 2 is 1.57 bits per heavy atom. The Morgan fingerprint density at radius 3 is 2.09 bits per heavy atom. The van der Waals surface area contributed by atoms with Crippen LogP contribution in [-0.2, 0) is 16.2 Å². The molecule has 2 aromatic carbocycles. The summed E-state index contributed by atoms with van der Waals surface area (Å²) in [6.07, 6.45) is -4.82. The van der Waals surface area contributed by atoms with Gasteiger partial charge in [0.2, 0.25) is 0 Å². The average Bonchev–Trinajstić information content (AvgIpc) is 2.43. The minimum Gasteiger partial charge on any atom is -0.396 e. The average molecular weight is 385 g/mol. The molecule has 0 heterocycles. The minimum absolute atomic E-state index is 0.0284. The van der Waals surface area contributed by atoms with E-state index in [1.807, 2.05) is 4.72 Å². The van der Waals surface area contributed by atoms with Gasteiger partial charge >= 0.3 is 6.18 Å². The maximum Gasteiger partial charge on any atom is 0.417 e. The van der Waals surface area contributed by atoms with Crippen LogP contribution in [0.4, 0.5) is 24.5 Å². The largest absolute Gasteiger partial charge is 0.417 e. The van der Waals surface area contributed by atoms with E-state index in [1.54, 1.807) is 0 Å². The molecule has 0 bridgehead atoms. The van der Waals surface area contributed by atoms with Gasteiger partial charge in [-0.05, 0) is 24.3 Å². The van der Waals surface area contributed by atoms with Crippen molar-refractivity contribution in [2.75, 3.05) is 10.5 Å². The van der Waals surface area contributed by atoms with Crippen molar-refractivity contribution in [1.82, 2.24) is 0 Å². The van der Waals surface area contributed by atoms with Crippen LogP contribution in [0.25, 0.3) is 0 Å². The molecule has 4 nitrogen and oxygen atoms in total. The van der Waals surface area contributed by atoms with Crippen molar-refractivity contribution in [3.8, 4) is 0 Å². The zero-order valence-corrected chi connectivity index (χ0v) is 13.5. The molecule has 0 aliphatic carbocycles. The van der Waals surface area contributed by atoms with Gasteiger partial charge < -0.3 is 5.73 Å². The van der Waals surface area contributed by atoms with E-state index >= 15 is 0 Å². The number of nitrogens with two attached hydrogens (primary N) is 1. The van der Waals surface area contributed by atoms with Gasteiger partial charge in [-0.3, -0.25) is 4.72 Å². The Morgan fingerprint density at radius 1 is 1.04 bits per heavy atom. The van der Waals surface area contributed by atoms with Gasteiger partial charge in [0.25, 0.3) is 10.0 Å². The maximum atomic E-state index is 12.9. The lowest BCUT2D eigenvalue weighted by Crippen LogP contribution is -2.19. The Labute approximate surface area is 140 Å². The summed E-state index contributed by atoms with van der Waals surface area (Å²) in [5.41, 5.74) is 4.17. The molecule has 0 saturated carbocycles. The summed E-state index contributed by atoms with van der Waals surface area (Å²) in [6, 6.07) is 6.11. The number of hydrogen-bond donors (Lipinski definition) is 2. The zero-order chi connectivity index (χ0) is 17.4. The third-order valence-corrected chi connectivity index (χ3v) is 4.88. The van der Waals surface area contributed by atoms with Crippen molar-refractivity contribution in [2.24, 2.45) is 0 Å². The number of hydrogen-bond acceptors (Lipinski definition) is 3. The molecule has 3 N–H and O–H groups in total. The van der Waals surface area contributed by atoms with Crippen molar-refractivity contribution in [3.05, 3.63) is 52.0 Å². The van der Waals surface area contributed by atoms with Crippen LogP contribution in [0, 0.1) is 0 Å². The molecule has 2 rings (SSSR count). The quantitative estimate of drug-likeness (QED) is 0.770. The fourth-order valence-electron chi connectivity index (χ4n) is 1.79. The molecule has 0 atom stereocenters. The number of nitrogen functional groups attached to an aromatic ring is 1. The summed E-state index contributed by atoms with van der Waals surface area (Å²) < 4.78 is 65.3. The molecule has 0 aliphatic rings. The predicted molar refractivity (Wildman–Crippen MR) is 83.1 cm³/mol. The summed E-state index contributed by atoms with van der Waals surface area (Å²) in [4.78, 5) is -0.906. The Kier molecular flexibility index (Phi) is 4.70. The Hall–Kier alpha value is -1.64. The molecule has 0 amide bonds. The van der Waals surface area contributed by atoms with E-state index in [1.165, 1.54) is 6.07 Å². The monoisotopic (exact) mass is 384 g/mol. The summed E-state index contributed by atoms with van der Waals surface area (Å²) >= 11 is 11.5. The van der Waals surface area contributed by atoms with Crippen LogP contribution < -0.4 is 10.5 Å². The molecule has 10 heteroatoms. The molecule has 0 radical (unpaired) electrons. The predicted octanol–water partition coefficient (Wildman–Crippen LogP) is 4.40. The highest BCUT2D eigenvalue weighted by Gasteiger charge is 2.36. The van der Waals surface area contributed by atoms with Crippen molar-refractivity contribution < 1.29 is 21.6 Å². The van der Waals surface area contributed by atoms with Gasteiger partial charge in [0.1, 0.15) is 0 Å². The SMILES string of the molecule is Nc1c(Cl)cc(NS(=O)(=O)c2ccccc2C(F)(F)F)cc1Cl. The molecule has 0 spiro atoms. The molecule has 0 saturated heterocycles. The number of anilines is 2. The number of nitrogens with one attached hydrogen (secondary N) is 1. The molecule has 0 fully saturated rings. The van der Waals surface area contributed by atoms with Crippen molar-refractivity contribution >= 4 is 44.6 Å². The molecule has 0 aromatic heterocycles. The topological polar surface area (TPSA) is 72.2 Å². The summed E-state index contributed by atoms with van der Waals surface area (Å²) in [5.74, 6) is 0. The molecule has 0 aliphatic heterocycles. The number of rotatable bonds is 3. The molecular weight excluding hydrogens is 376 g/mol. The zero-order valence-electron chi connectivity index (χ0n) is 11.2. The number of halogens is 5. The number of benzene rings is 2. The highest BCUT2D eigenvalue weighted by Crippen LogP contribution is 2.36. The van der Waals surface area contributed by atoms with Crippen LogP contribution >= 0.6 is 23.2 Å². The van der Waals surface area contributed by atoms with Crippen LogP contribution in [0.15, 0.2) is 41.3 Å². The smallest absolute Gasteiger partial charge is 0.396 e. The van der Waals surface area contributed by atoms with Gasteiger partial charge in [-0.25, -0.2) is 8.42 Å². The summed E-state index contributed by atoms with van der Waals surface area (Å²) in [5, 5.41) is -0.0568. The van der Waals surface area contributed by atoms with Gasteiger partial charge in [-0.1, -0.05) is 35.3 Å². The van der Waals surface area contributed by atoms with E-state index in [9.17, 15) is 21.6 Å². The molecule has 23 heavy (non-hydrogen) atoms. The van der Waals surface area contributed by atoms with Gasteiger partial charge in [-0.2, -0.15) is 13.2 Å². The lowest BCUT2D eigenvalue weighted by molar-refractivity contribution is -0.139. The number of sulfonamides is 1. The van der Waals surface area contributed by atoms with E-state index in [2.05, 4.69) is 0 Å². The first-order valence-electron chi connectivity index (χ1n) is 5.96. The van der Waals surface area contributed by atoms with Crippen molar-refractivity contribution in [3.63, 3.8) is 0 Å². The Balaban J connectivity index is 2.49. The standard InChI is InChI=1S/C13H9Cl2F3N2O2S/c14-9-5-7(6-10(15)12(9)19)20-23(21,22)11-4-2-1-3-8(11)13(16,17)18/h1-6,20H,19H2. The molecule has 124 valence electrons. The lowest BCUT2D eigenvalue weighted by Gasteiger charge is -2.15. The third-order valence-electron chi connectivity index (χ3n) is 2.81. The van der Waals surface area contributed by atoms with E-state index in [4.69, 9.17) is 28.9 Å². The van der Waals surface area contributed by atoms with Crippen molar-refractivity contribution in [1.29, 1.82) is 0 Å². The van der Waals surface area contributed by atoms with Gasteiger partial charge in [-0.15, -0.1) is 0 Å². The first-order chi connectivity index (χ1) is 10.5. The lowest BCUT2D eigenvalue weighted by atomic mass is 10.2. The molecule has 2 aromatic rings.